The van der Waals surface area contributed by atoms with E-state index in [4.69, 9.17) is 18.9 Å². The number of ether oxygens (including phenoxy) is 4. The fourth-order valence-corrected chi connectivity index (χ4v) is 4.58. The number of fused-ring (bicyclic) bond motifs is 1. The van der Waals surface area contributed by atoms with Crippen molar-refractivity contribution in [2.24, 2.45) is 0 Å². The topological polar surface area (TPSA) is 126 Å². The van der Waals surface area contributed by atoms with Gasteiger partial charge in [-0.25, -0.2) is 13.1 Å². The molecule has 0 aliphatic carbocycles. The lowest BCUT2D eigenvalue weighted by Crippen LogP contribution is -2.29. The summed E-state index contributed by atoms with van der Waals surface area (Å²) in [5.74, 6) is 2.25. The number of nitrogens with one attached hydrogen (secondary N) is 1. The minimum atomic E-state index is -3.87. The molecule has 0 amide bonds. The lowest BCUT2D eigenvalue weighted by Gasteiger charge is -2.14. The summed E-state index contributed by atoms with van der Waals surface area (Å²) in [7, 11) is -2.27. The second-order valence-electron chi connectivity index (χ2n) is 7.41. The molecule has 1 N–H and O–H groups in total. The first-order valence-corrected chi connectivity index (χ1v) is 12.8. The number of hydrogen-bond acceptors (Lipinski definition) is 9. The summed E-state index contributed by atoms with van der Waals surface area (Å²) in [6.45, 7) is 4.42. The van der Waals surface area contributed by atoms with Gasteiger partial charge in [-0.05, 0) is 56.3 Å². The Balaban J connectivity index is 1.44. The van der Waals surface area contributed by atoms with Gasteiger partial charge >= 0.3 is 0 Å². The van der Waals surface area contributed by atoms with Gasteiger partial charge < -0.3 is 18.9 Å². The minimum absolute atomic E-state index is 0.00321. The molecule has 0 fully saturated rings. The van der Waals surface area contributed by atoms with Gasteiger partial charge in [0.25, 0.3) is 0 Å². The summed E-state index contributed by atoms with van der Waals surface area (Å²) in [5, 5.41) is 12.8. The summed E-state index contributed by atoms with van der Waals surface area (Å²) >= 11 is 0. The SMILES string of the molecule is CCOc1ccc(OCC)c(S(=O)(=O)NCCOc2ccc3nnc(-c4ccc(OC)cc4)n3n2)c1. The standard InChI is InChI=1S/C24H27N5O6S/c1-4-33-19-10-11-20(34-5-2)21(16-19)36(30,31)25-14-15-35-23-13-12-22-26-27-24(29(22)28-23)17-6-8-18(32-3)9-7-17/h6-13,16,25H,4-5,14-15H2,1-3H3. The maximum Gasteiger partial charge on any atom is 0.244 e. The quantitative estimate of drug-likeness (QED) is 0.285. The molecule has 0 saturated heterocycles. The summed E-state index contributed by atoms with van der Waals surface area (Å²) in [6.07, 6.45) is 0. The van der Waals surface area contributed by atoms with Crippen LogP contribution in [-0.2, 0) is 10.0 Å². The Hall–Kier alpha value is -3.90. The summed E-state index contributed by atoms with van der Waals surface area (Å²) in [6, 6.07) is 15.4. The predicted molar refractivity (Wildman–Crippen MR) is 132 cm³/mol. The van der Waals surface area contributed by atoms with Gasteiger partial charge in [0.05, 0.1) is 20.3 Å². The lowest BCUT2D eigenvalue weighted by molar-refractivity contribution is 0.305. The van der Waals surface area contributed by atoms with Crippen LogP contribution in [-0.4, -0.2) is 61.7 Å². The molecule has 2 aromatic carbocycles. The first-order chi connectivity index (χ1) is 17.4. The Morgan fingerprint density at radius 2 is 1.64 bits per heavy atom. The molecule has 2 aromatic heterocycles. The highest BCUT2D eigenvalue weighted by molar-refractivity contribution is 7.89. The third-order valence-corrected chi connectivity index (χ3v) is 6.53. The van der Waals surface area contributed by atoms with Gasteiger partial charge in [-0.1, -0.05) is 0 Å². The Kier molecular flexibility index (Phi) is 7.86. The van der Waals surface area contributed by atoms with Crippen molar-refractivity contribution in [2.45, 2.75) is 18.7 Å². The molecular weight excluding hydrogens is 486 g/mol. The number of nitrogens with zero attached hydrogens (tertiary/aromatic N) is 4. The molecule has 11 nitrogen and oxygen atoms in total. The Morgan fingerprint density at radius 1 is 0.889 bits per heavy atom. The molecule has 0 saturated carbocycles. The molecule has 0 spiro atoms. The van der Waals surface area contributed by atoms with Crippen LogP contribution >= 0.6 is 0 Å². The molecule has 0 unspecified atom stereocenters. The highest BCUT2D eigenvalue weighted by Crippen LogP contribution is 2.28. The van der Waals surface area contributed by atoms with Gasteiger partial charge in [0, 0.05) is 24.2 Å². The molecule has 0 atom stereocenters. The van der Waals surface area contributed by atoms with Crippen molar-refractivity contribution in [3.05, 3.63) is 54.6 Å². The van der Waals surface area contributed by atoms with Crippen LogP contribution in [0.25, 0.3) is 17.0 Å². The molecular formula is C24H27N5O6S. The number of sulfonamides is 1. The average molecular weight is 514 g/mol. The van der Waals surface area contributed by atoms with Gasteiger partial charge in [-0.2, -0.15) is 4.52 Å². The first-order valence-electron chi connectivity index (χ1n) is 11.3. The largest absolute Gasteiger partial charge is 0.497 e. The monoisotopic (exact) mass is 513 g/mol. The number of aromatic nitrogens is 4. The molecule has 2 heterocycles. The maximum absolute atomic E-state index is 12.9. The van der Waals surface area contributed by atoms with Crippen LogP contribution in [0.3, 0.4) is 0 Å². The van der Waals surface area contributed by atoms with Gasteiger partial charge in [0.15, 0.2) is 11.5 Å². The third kappa shape index (κ3) is 5.66. The van der Waals surface area contributed by atoms with E-state index in [0.717, 1.165) is 11.3 Å². The van der Waals surface area contributed by atoms with E-state index in [-0.39, 0.29) is 23.8 Å². The molecule has 4 aromatic rings. The van der Waals surface area contributed by atoms with Crippen LogP contribution in [0.2, 0.25) is 0 Å². The van der Waals surface area contributed by atoms with E-state index >= 15 is 0 Å². The van der Waals surface area contributed by atoms with E-state index in [0.29, 0.717) is 36.3 Å². The highest BCUT2D eigenvalue weighted by Gasteiger charge is 2.21. The normalized spacial score (nSPS) is 11.4. The Morgan fingerprint density at radius 3 is 2.36 bits per heavy atom. The molecule has 4 rings (SSSR count). The molecule has 36 heavy (non-hydrogen) atoms. The van der Waals surface area contributed by atoms with Gasteiger partial charge in [0.1, 0.15) is 28.8 Å². The molecule has 0 bridgehead atoms. The van der Waals surface area contributed by atoms with Gasteiger partial charge in [0.2, 0.25) is 15.9 Å². The second kappa shape index (κ2) is 11.2. The first kappa shape index (κ1) is 25.2. The van der Waals surface area contributed by atoms with E-state index in [2.05, 4.69) is 20.0 Å². The summed E-state index contributed by atoms with van der Waals surface area (Å²) in [5.41, 5.74) is 1.35. The third-order valence-electron chi connectivity index (χ3n) is 5.05. The van der Waals surface area contributed by atoms with Crippen LogP contribution < -0.4 is 23.7 Å². The van der Waals surface area contributed by atoms with E-state index in [1.165, 1.54) is 6.07 Å². The zero-order valence-corrected chi connectivity index (χ0v) is 21.0. The fraction of sp³-hybridized carbons (Fsp3) is 0.292. The molecule has 0 aliphatic heterocycles. The van der Waals surface area contributed by atoms with Crippen LogP contribution in [0.4, 0.5) is 0 Å². The van der Waals surface area contributed by atoms with Crippen molar-refractivity contribution in [1.82, 2.24) is 24.5 Å². The minimum Gasteiger partial charge on any atom is -0.497 e. The van der Waals surface area contributed by atoms with Crippen LogP contribution in [0.15, 0.2) is 59.5 Å². The Labute approximate surface area is 209 Å². The zero-order chi connectivity index (χ0) is 25.5. The average Bonchev–Trinajstić information content (AvgIpc) is 3.31. The lowest BCUT2D eigenvalue weighted by atomic mass is 10.2. The predicted octanol–water partition coefficient (Wildman–Crippen LogP) is 2.95. The van der Waals surface area contributed by atoms with E-state index in [1.54, 1.807) is 42.8 Å². The van der Waals surface area contributed by atoms with Gasteiger partial charge in [-0.3, -0.25) is 0 Å². The molecule has 0 aliphatic rings. The zero-order valence-electron chi connectivity index (χ0n) is 20.2. The Bertz CT molecular complexity index is 1420. The van der Waals surface area contributed by atoms with Gasteiger partial charge in [-0.15, -0.1) is 15.3 Å². The number of rotatable bonds is 12. The summed E-state index contributed by atoms with van der Waals surface area (Å²) < 4.78 is 51.8. The van der Waals surface area contributed by atoms with Crippen molar-refractivity contribution in [2.75, 3.05) is 33.5 Å². The highest BCUT2D eigenvalue weighted by atomic mass is 32.2. The van der Waals surface area contributed by atoms with Crippen molar-refractivity contribution in [1.29, 1.82) is 0 Å². The molecule has 12 heteroatoms. The molecule has 190 valence electrons. The summed E-state index contributed by atoms with van der Waals surface area (Å²) in [4.78, 5) is 0.00321. The van der Waals surface area contributed by atoms with Crippen molar-refractivity contribution in [3.63, 3.8) is 0 Å². The number of hydrogen-bond donors (Lipinski definition) is 1. The van der Waals surface area contributed by atoms with E-state index < -0.39 is 10.0 Å². The van der Waals surface area contributed by atoms with Crippen LogP contribution in [0.5, 0.6) is 23.1 Å². The maximum atomic E-state index is 12.9. The van der Waals surface area contributed by atoms with Crippen molar-refractivity contribution in [3.8, 4) is 34.5 Å². The van der Waals surface area contributed by atoms with Crippen molar-refractivity contribution >= 4 is 15.7 Å². The number of methoxy groups -OCH3 is 1. The van der Waals surface area contributed by atoms with E-state index in [1.807, 2.05) is 31.2 Å². The molecule has 0 radical (unpaired) electrons. The smallest absolute Gasteiger partial charge is 0.244 e. The van der Waals surface area contributed by atoms with Crippen LogP contribution in [0.1, 0.15) is 13.8 Å². The van der Waals surface area contributed by atoms with Crippen molar-refractivity contribution < 1.29 is 27.4 Å². The number of benzene rings is 2. The fourth-order valence-electron chi connectivity index (χ4n) is 3.41. The second-order valence-corrected chi connectivity index (χ2v) is 9.15. The van der Waals surface area contributed by atoms with Crippen LogP contribution in [0, 0.1) is 0 Å². The van der Waals surface area contributed by atoms with E-state index in [9.17, 15) is 8.42 Å².